The molecule has 0 saturated carbocycles. The van der Waals surface area contributed by atoms with E-state index in [4.69, 9.17) is 4.74 Å². The van der Waals surface area contributed by atoms with Gasteiger partial charge in [-0.1, -0.05) is 12.2 Å². The van der Waals surface area contributed by atoms with Gasteiger partial charge in [-0.05, 0) is 45.0 Å². The van der Waals surface area contributed by atoms with Crippen LogP contribution in [-0.4, -0.2) is 41.1 Å². The zero-order valence-electron chi connectivity index (χ0n) is 11.9. The lowest BCUT2D eigenvalue weighted by Gasteiger charge is -2.29. The summed E-state index contributed by atoms with van der Waals surface area (Å²) in [6, 6.07) is 0. The van der Waals surface area contributed by atoms with Crippen molar-refractivity contribution in [3.05, 3.63) is 36.2 Å². The summed E-state index contributed by atoms with van der Waals surface area (Å²) in [6.07, 6.45) is 10.9. The van der Waals surface area contributed by atoms with Gasteiger partial charge in [0.25, 0.3) is 0 Å². The molecular weight excluding hydrogens is 240 g/mol. The molecule has 0 spiro atoms. The van der Waals surface area contributed by atoms with Gasteiger partial charge in [-0.15, -0.1) is 0 Å². The SMILES string of the molecule is CC(C)(C)OC(=O)N1C=C(C=CN2CCC2)C=CC1. The van der Waals surface area contributed by atoms with Crippen LogP contribution >= 0.6 is 0 Å². The summed E-state index contributed by atoms with van der Waals surface area (Å²) in [7, 11) is 0. The van der Waals surface area contributed by atoms with Gasteiger partial charge in [-0.25, -0.2) is 4.79 Å². The Bertz CT molecular complexity index is 426. The molecule has 1 saturated heterocycles. The van der Waals surface area contributed by atoms with E-state index in [-0.39, 0.29) is 6.09 Å². The zero-order valence-corrected chi connectivity index (χ0v) is 11.9. The van der Waals surface area contributed by atoms with Gasteiger partial charge in [0.15, 0.2) is 0 Å². The van der Waals surface area contributed by atoms with Crippen molar-refractivity contribution in [1.29, 1.82) is 0 Å². The molecule has 0 radical (unpaired) electrons. The lowest BCUT2D eigenvalue weighted by atomic mass is 10.2. The Hall–Kier alpha value is -1.71. The van der Waals surface area contributed by atoms with Crippen LogP contribution < -0.4 is 0 Å². The second-order valence-electron chi connectivity index (χ2n) is 5.87. The van der Waals surface area contributed by atoms with Crippen molar-refractivity contribution in [2.75, 3.05) is 19.6 Å². The summed E-state index contributed by atoms with van der Waals surface area (Å²) >= 11 is 0. The van der Waals surface area contributed by atoms with E-state index in [0.29, 0.717) is 6.54 Å². The van der Waals surface area contributed by atoms with Crippen molar-refractivity contribution < 1.29 is 9.53 Å². The summed E-state index contributed by atoms with van der Waals surface area (Å²) in [5.74, 6) is 0. The van der Waals surface area contributed by atoms with Gasteiger partial charge in [0.2, 0.25) is 0 Å². The molecule has 0 bridgehead atoms. The van der Waals surface area contributed by atoms with E-state index >= 15 is 0 Å². The zero-order chi connectivity index (χ0) is 13.9. The molecule has 2 aliphatic heterocycles. The molecule has 0 aliphatic carbocycles. The minimum Gasteiger partial charge on any atom is -0.443 e. The summed E-state index contributed by atoms with van der Waals surface area (Å²) in [5.41, 5.74) is 0.559. The van der Waals surface area contributed by atoms with E-state index in [1.54, 1.807) is 4.90 Å². The molecule has 0 unspecified atom stereocenters. The van der Waals surface area contributed by atoms with Crippen LogP contribution in [0.25, 0.3) is 0 Å². The second kappa shape index (κ2) is 5.51. The molecule has 0 N–H and O–H groups in total. The van der Waals surface area contributed by atoms with E-state index in [0.717, 1.165) is 18.7 Å². The van der Waals surface area contributed by atoms with Gasteiger partial charge in [0, 0.05) is 25.8 Å². The number of hydrogen-bond acceptors (Lipinski definition) is 3. The average Bonchev–Trinajstić information content (AvgIpc) is 2.25. The molecule has 0 aromatic carbocycles. The first-order chi connectivity index (χ1) is 8.94. The second-order valence-corrected chi connectivity index (χ2v) is 5.87. The van der Waals surface area contributed by atoms with Gasteiger partial charge < -0.3 is 9.64 Å². The van der Waals surface area contributed by atoms with Crippen LogP contribution in [0, 0.1) is 0 Å². The quantitative estimate of drug-likeness (QED) is 0.767. The predicted molar refractivity (Wildman–Crippen MR) is 75.5 cm³/mol. The molecule has 2 rings (SSSR count). The van der Waals surface area contributed by atoms with Gasteiger partial charge in [0.05, 0.1) is 0 Å². The Morgan fingerprint density at radius 3 is 2.68 bits per heavy atom. The van der Waals surface area contributed by atoms with Crippen molar-refractivity contribution >= 4 is 6.09 Å². The van der Waals surface area contributed by atoms with Crippen LogP contribution in [0.2, 0.25) is 0 Å². The summed E-state index contributed by atoms with van der Waals surface area (Å²) < 4.78 is 5.36. The monoisotopic (exact) mass is 262 g/mol. The molecule has 4 nitrogen and oxygen atoms in total. The fraction of sp³-hybridized carbons (Fsp3) is 0.533. The number of nitrogens with zero attached hydrogens (tertiary/aromatic N) is 2. The Labute approximate surface area is 115 Å². The number of amides is 1. The van der Waals surface area contributed by atoms with E-state index < -0.39 is 5.60 Å². The Morgan fingerprint density at radius 2 is 2.11 bits per heavy atom. The first-order valence-corrected chi connectivity index (χ1v) is 6.74. The number of hydrogen-bond donors (Lipinski definition) is 0. The van der Waals surface area contributed by atoms with Crippen molar-refractivity contribution in [1.82, 2.24) is 9.80 Å². The molecule has 0 aromatic rings. The molecule has 2 aliphatic rings. The topological polar surface area (TPSA) is 32.8 Å². The molecule has 19 heavy (non-hydrogen) atoms. The lowest BCUT2D eigenvalue weighted by Crippen LogP contribution is -2.34. The Kier molecular flexibility index (Phi) is 3.98. The van der Waals surface area contributed by atoms with E-state index in [2.05, 4.69) is 11.1 Å². The summed E-state index contributed by atoms with van der Waals surface area (Å²) in [6.45, 7) is 8.44. The van der Waals surface area contributed by atoms with Gasteiger partial charge in [-0.3, -0.25) is 4.90 Å². The largest absolute Gasteiger partial charge is 0.443 e. The first kappa shape index (κ1) is 13.7. The number of likely N-dealkylation sites (tertiary alicyclic amines) is 1. The molecule has 2 heterocycles. The minimum atomic E-state index is -0.459. The van der Waals surface area contributed by atoms with Gasteiger partial charge >= 0.3 is 6.09 Å². The third-order valence-corrected chi connectivity index (χ3v) is 2.91. The highest BCUT2D eigenvalue weighted by Gasteiger charge is 2.21. The number of allylic oxidation sites excluding steroid dienone is 3. The third kappa shape index (κ3) is 4.16. The fourth-order valence-corrected chi connectivity index (χ4v) is 1.81. The predicted octanol–water partition coefficient (Wildman–Crippen LogP) is 2.90. The normalized spacial score (nSPS) is 19.4. The van der Waals surface area contributed by atoms with Crippen LogP contribution in [0.3, 0.4) is 0 Å². The van der Waals surface area contributed by atoms with E-state index in [9.17, 15) is 4.79 Å². The maximum Gasteiger partial charge on any atom is 0.414 e. The van der Waals surface area contributed by atoms with E-state index in [1.165, 1.54) is 6.42 Å². The van der Waals surface area contributed by atoms with Crippen LogP contribution in [0.1, 0.15) is 27.2 Å². The van der Waals surface area contributed by atoms with Crippen LogP contribution in [0.15, 0.2) is 36.2 Å². The number of carbonyl (C=O) groups is 1. The van der Waals surface area contributed by atoms with Gasteiger partial charge in [0.1, 0.15) is 5.60 Å². The Balaban J connectivity index is 1.95. The van der Waals surface area contributed by atoms with Crippen molar-refractivity contribution in [2.45, 2.75) is 32.8 Å². The van der Waals surface area contributed by atoms with Crippen molar-refractivity contribution in [3.8, 4) is 0 Å². The number of ether oxygens (including phenoxy) is 1. The van der Waals surface area contributed by atoms with Crippen LogP contribution in [0.4, 0.5) is 4.79 Å². The Morgan fingerprint density at radius 1 is 1.37 bits per heavy atom. The smallest absolute Gasteiger partial charge is 0.414 e. The molecule has 1 amide bonds. The highest BCUT2D eigenvalue weighted by molar-refractivity contribution is 5.70. The molecular formula is C15H22N2O2. The van der Waals surface area contributed by atoms with Crippen LogP contribution in [-0.2, 0) is 4.74 Å². The summed E-state index contributed by atoms with van der Waals surface area (Å²) in [4.78, 5) is 15.8. The fourth-order valence-electron chi connectivity index (χ4n) is 1.81. The summed E-state index contributed by atoms with van der Waals surface area (Å²) in [5, 5.41) is 0. The highest BCUT2D eigenvalue weighted by atomic mass is 16.6. The van der Waals surface area contributed by atoms with Gasteiger partial charge in [-0.2, -0.15) is 0 Å². The molecule has 0 atom stereocenters. The maximum absolute atomic E-state index is 12.0. The highest BCUT2D eigenvalue weighted by Crippen LogP contribution is 2.15. The molecule has 104 valence electrons. The van der Waals surface area contributed by atoms with Crippen molar-refractivity contribution in [3.63, 3.8) is 0 Å². The standard InChI is InChI=1S/C15H22N2O2/c1-15(2,3)19-14(18)17-10-4-6-13(12-17)7-11-16-8-5-9-16/h4,6-7,11-12H,5,8-10H2,1-3H3. The van der Waals surface area contributed by atoms with E-state index in [1.807, 2.05) is 45.2 Å². The average molecular weight is 262 g/mol. The van der Waals surface area contributed by atoms with Crippen LogP contribution in [0.5, 0.6) is 0 Å². The first-order valence-electron chi connectivity index (χ1n) is 6.74. The number of rotatable bonds is 2. The molecule has 0 aromatic heterocycles. The number of carbonyl (C=O) groups excluding carboxylic acids is 1. The maximum atomic E-state index is 12.0. The van der Waals surface area contributed by atoms with Crippen molar-refractivity contribution in [2.24, 2.45) is 0 Å². The third-order valence-electron chi connectivity index (χ3n) is 2.91. The minimum absolute atomic E-state index is 0.299. The lowest BCUT2D eigenvalue weighted by molar-refractivity contribution is 0.0349. The molecule has 1 fully saturated rings. The molecule has 4 heteroatoms.